The van der Waals surface area contributed by atoms with E-state index in [1.54, 1.807) is 18.2 Å². The van der Waals surface area contributed by atoms with Crippen LogP contribution in [0.25, 0.3) is 0 Å². The summed E-state index contributed by atoms with van der Waals surface area (Å²) in [6, 6.07) is 8.35. The Morgan fingerprint density at radius 2 is 2.05 bits per heavy atom. The van der Waals surface area contributed by atoms with Crippen LogP contribution in [-0.2, 0) is 0 Å². The van der Waals surface area contributed by atoms with Gasteiger partial charge in [-0.25, -0.2) is 9.78 Å². The maximum atomic E-state index is 11.1. The Balaban J connectivity index is 2.39. The van der Waals surface area contributed by atoms with E-state index in [2.05, 4.69) is 4.98 Å². The molecule has 0 bridgehead atoms. The number of nitrogens with zero attached hydrogens (tertiary/aromatic N) is 1. The number of carbonyl (C=O) groups is 1. The molecular formula is C14H13NO4. The molecule has 19 heavy (non-hydrogen) atoms. The number of carboxylic acid groups (broad SMARTS) is 1. The molecule has 0 aliphatic heterocycles. The monoisotopic (exact) mass is 259 g/mol. The van der Waals surface area contributed by atoms with Gasteiger partial charge in [0, 0.05) is 6.20 Å². The minimum atomic E-state index is -1.09. The molecule has 5 nitrogen and oxygen atoms in total. The van der Waals surface area contributed by atoms with E-state index in [0.717, 1.165) is 5.56 Å². The van der Waals surface area contributed by atoms with Crippen LogP contribution in [0.4, 0.5) is 0 Å². The van der Waals surface area contributed by atoms with Crippen molar-refractivity contribution < 1.29 is 19.4 Å². The van der Waals surface area contributed by atoms with Crippen molar-refractivity contribution in [2.24, 2.45) is 0 Å². The fourth-order valence-electron chi connectivity index (χ4n) is 1.60. The summed E-state index contributed by atoms with van der Waals surface area (Å²) < 4.78 is 10.7. The minimum Gasteiger partial charge on any atom is -0.493 e. The number of aromatic nitrogens is 1. The zero-order chi connectivity index (χ0) is 13.8. The van der Waals surface area contributed by atoms with Crippen LogP contribution in [-0.4, -0.2) is 23.2 Å². The molecule has 0 radical (unpaired) electrons. The smallest absolute Gasteiger partial charge is 0.341 e. The Bertz CT molecular complexity index is 610. The fraction of sp³-hybridized carbons (Fsp3) is 0.143. The molecule has 2 rings (SSSR count). The van der Waals surface area contributed by atoms with Crippen LogP contribution in [0, 0.1) is 6.92 Å². The van der Waals surface area contributed by atoms with E-state index in [1.165, 1.54) is 19.4 Å². The fourth-order valence-corrected chi connectivity index (χ4v) is 1.60. The molecule has 0 saturated carbocycles. The number of methoxy groups -OCH3 is 1. The largest absolute Gasteiger partial charge is 0.493 e. The highest BCUT2D eigenvalue weighted by atomic mass is 16.5. The first-order chi connectivity index (χ1) is 9.11. The minimum absolute atomic E-state index is 0.00475. The first kappa shape index (κ1) is 12.9. The van der Waals surface area contributed by atoms with E-state index >= 15 is 0 Å². The number of hydrogen-bond donors (Lipinski definition) is 1. The highest BCUT2D eigenvalue weighted by Gasteiger charge is 2.14. The molecule has 5 heteroatoms. The van der Waals surface area contributed by atoms with Crippen molar-refractivity contribution in [1.82, 2.24) is 4.98 Å². The van der Waals surface area contributed by atoms with Gasteiger partial charge in [-0.05, 0) is 36.8 Å². The number of rotatable bonds is 4. The summed E-state index contributed by atoms with van der Waals surface area (Å²) in [5.74, 6) is -0.0948. The first-order valence-electron chi connectivity index (χ1n) is 5.62. The SMILES string of the molecule is COc1cc(C)ccc1Oc1ncccc1C(=O)O. The van der Waals surface area contributed by atoms with E-state index in [4.69, 9.17) is 14.6 Å². The number of aryl methyl sites for hydroxylation is 1. The summed E-state index contributed by atoms with van der Waals surface area (Å²) in [6.07, 6.45) is 1.47. The van der Waals surface area contributed by atoms with Crippen LogP contribution in [0.1, 0.15) is 15.9 Å². The number of carboxylic acids is 1. The van der Waals surface area contributed by atoms with Crippen LogP contribution in [0.2, 0.25) is 0 Å². The highest BCUT2D eigenvalue weighted by molar-refractivity contribution is 5.90. The molecule has 0 saturated heterocycles. The lowest BCUT2D eigenvalue weighted by Crippen LogP contribution is -2.02. The molecule has 0 aliphatic carbocycles. The topological polar surface area (TPSA) is 68.7 Å². The zero-order valence-electron chi connectivity index (χ0n) is 10.6. The van der Waals surface area contributed by atoms with Crippen molar-refractivity contribution in [1.29, 1.82) is 0 Å². The van der Waals surface area contributed by atoms with Gasteiger partial charge in [0.2, 0.25) is 5.88 Å². The van der Waals surface area contributed by atoms with Gasteiger partial charge < -0.3 is 14.6 Å². The molecule has 1 aromatic heterocycles. The van der Waals surface area contributed by atoms with Crippen LogP contribution in [0.5, 0.6) is 17.4 Å². The number of benzene rings is 1. The number of ether oxygens (including phenoxy) is 2. The lowest BCUT2D eigenvalue weighted by atomic mass is 10.2. The zero-order valence-corrected chi connectivity index (χ0v) is 10.6. The summed E-state index contributed by atoms with van der Waals surface area (Å²) in [7, 11) is 1.53. The lowest BCUT2D eigenvalue weighted by molar-refractivity contribution is 0.0693. The first-order valence-corrected chi connectivity index (χ1v) is 5.62. The molecule has 1 heterocycles. The quantitative estimate of drug-likeness (QED) is 0.914. The van der Waals surface area contributed by atoms with Crippen molar-refractivity contribution in [2.45, 2.75) is 6.92 Å². The van der Waals surface area contributed by atoms with Crippen LogP contribution in [0.3, 0.4) is 0 Å². The van der Waals surface area contributed by atoms with E-state index in [-0.39, 0.29) is 11.4 Å². The molecule has 0 atom stereocenters. The molecule has 1 aromatic carbocycles. The Morgan fingerprint density at radius 3 is 2.74 bits per heavy atom. The Morgan fingerprint density at radius 1 is 1.26 bits per heavy atom. The van der Waals surface area contributed by atoms with E-state index < -0.39 is 5.97 Å². The predicted molar refractivity (Wildman–Crippen MR) is 69.0 cm³/mol. The van der Waals surface area contributed by atoms with Crippen molar-refractivity contribution in [3.05, 3.63) is 47.7 Å². The van der Waals surface area contributed by atoms with Gasteiger partial charge in [0.15, 0.2) is 11.5 Å². The molecule has 0 amide bonds. The Kier molecular flexibility index (Phi) is 3.66. The summed E-state index contributed by atoms with van der Waals surface area (Å²) in [6.45, 7) is 1.93. The average Bonchev–Trinajstić information content (AvgIpc) is 2.41. The normalized spacial score (nSPS) is 10.0. The molecule has 2 aromatic rings. The summed E-state index contributed by atoms with van der Waals surface area (Å²) in [5, 5.41) is 9.06. The summed E-state index contributed by atoms with van der Waals surface area (Å²) >= 11 is 0. The summed E-state index contributed by atoms with van der Waals surface area (Å²) in [5.41, 5.74) is 1.02. The Hall–Kier alpha value is -2.56. The maximum absolute atomic E-state index is 11.1. The van der Waals surface area contributed by atoms with Gasteiger partial charge in [0.05, 0.1) is 7.11 Å². The van der Waals surface area contributed by atoms with Crippen molar-refractivity contribution in [2.75, 3.05) is 7.11 Å². The van der Waals surface area contributed by atoms with E-state index in [0.29, 0.717) is 11.5 Å². The van der Waals surface area contributed by atoms with Crippen molar-refractivity contribution in [3.8, 4) is 17.4 Å². The third-order valence-corrected chi connectivity index (χ3v) is 2.53. The van der Waals surface area contributed by atoms with Gasteiger partial charge in [0.1, 0.15) is 5.56 Å². The van der Waals surface area contributed by atoms with Gasteiger partial charge >= 0.3 is 5.97 Å². The third-order valence-electron chi connectivity index (χ3n) is 2.53. The van der Waals surface area contributed by atoms with Gasteiger partial charge in [-0.3, -0.25) is 0 Å². The van der Waals surface area contributed by atoms with Gasteiger partial charge in [-0.2, -0.15) is 0 Å². The summed E-state index contributed by atoms with van der Waals surface area (Å²) in [4.78, 5) is 15.0. The molecule has 1 N–H and O–H groups in total. The third kappa shape index (κ3) is 2.82. The molecule has 0 spiro atoms. The second kappa shape index (κ2) is 5.39. The molecular weight excluding hydrogens is 246 g/mol. The van der Waals surface area contributed by atoms with Gasteiger partial charge in [-0.15, -0.1) is 0 Å². The second-order valence-electron chi connectivity index (χ2n) is 3.92. The Labute approximate surface area is 110 Å². The van der Waals surface area contributed by atoms with Crippen LogP contribution >= 0.6 is 0 Å². The predicted octanol–water partition coefficient (Wildman–Crippen LogP) is 2.89. The average molecular weight is 259 g/mol. The highest BCUT2D eigenvalue weighted by Crippen LogP contribution is 2.32. The van der Waals surface area contributed by atoms with Crippen LogP contribution < -0.4 is 9.47 Å². The number of aromatic carboxylic acids is 1. The molecule has 98 valence electrons. The van der Waals surface area contributed by atoms with Crippen molar-refractivity contribution in [3.63, 3.8) is 0 Å². The number of hydrogen-bond acceptors (Lipinski definition) is 4. The molecule has 0 unspecified atom stereocenters. The number of pyridine rings is 1. The standard InChI is InChI=1S/C14H13NO4/c1-9-5-6-11(12(8-9)18-2)19-13-10(14(16)17)4-3-7-15-13/h3-8H,1-2H3,(H,16,17). The van der Waals surface area contributed by atoms with Crippen LogP contribution in [0.15, 0.2) is 36.5 Å². The molecule has 0 aliphatic rings. The second-order valence-corrected chi connectivity index (χ2v) is 3.92. The van der Waals surface area contributed by atoms with E-state index in [9.17, 15) is 4.79 Å². The molecule has 0 fully saturated rings. The van der Waals surface area contributed by atoms with Crippen molar-refractivity contribution >= 4 is 5.97 Å². The lowest BCUT2D eigenvalue weighted by Gasteiger charge is -2.11. The maximum Gasteiger partial charge on any atom is 0.341 e. The van der Waals surface area contributed by atoms with E-state index in [1.807, 2.05) is 13.0 Å². The van der Waals surface area contributed by atoms with Gasteiger partial charge in [-0.1, -0.05) is 6.07 Å². The van der Waals surface area contributed by atoms with Gasteiger partial charge in [0.25, 0.3) is 0 Å².